The van der Waals surface area contributed by atoms with Crippen LogP contribution in [0.2, 0.25) is 0 Å². The molecule has 0 radical (unpaired) electrons. The summed E-state index contributed by atoms with van der Waals surface area (Å²) < 4.78 is 0. The summed E-state index contributed by atoms with van der Waals surface area (Å²) in [4.78, 5) is 9.20. The summed E-state index contributed by atoms with van der Waals surface area (Å²) in [6.45, 7) is 7.08. The zero-order valence-corrected chi connectivity index (χ0v) is 7.74. The van der Waals surface area contributed by atoms with E-state index in [-0.39, 0.29) is 0 Å². The molecule has 0 aliphatic heterocycles. The third-order valence-corrected chi connectivity index (χ3v) is 0.798. The zero-order chi connectivity index (χ0) is 8.24. The first kappa shape index (κ1) is 13.0. The van der Waals surface area contributed by atoms with Gasteiger partial charge in [0.1, 0.15) is 0 Å². The van der Waals surface area contributed by atoms with Gasteiger partial charge in [0.2, 0.25) is 0 Å². The minimum Gasteiger partial charge on any atom is -0.236 e. The van der Waals surface area contributed by atoms with Crippen LogP contribution in [0.5, 0.6) is 0 Å². The predicted octanol–water partition coefficient (Wildman–Crippen LogP) is 1.60. The summed E-state index contributed by atoms with van der Waals surface area (Å²) in [5.74, 6) is 1.37. The second kappa shape index (κ2) is 16.2. The molecule has 0 amide bonds. The standard InChI is InChI=1S/C4H10O2S2.C2H4/c7-3-1-5-6-2-4-8;1-2/h7-8H,1-4H2;1-2H2. The van der Waals surface area contributed by atoms with Crippen LogP contribution >= 0.6 is 25.3 Å². The van der Waals surface area contributed by atoms with Crippen molar-refractivity contribution in [3.63, 3.8) is 0 Å². The van der Waals surface area contributed by atoms with Crippen LogP contribution in [0, 0.1) is 0 Å². The third-order valence-electron chi connectivity index (χ3n) is 0.433. The van der Waals surface area contributed by atoms with Crippen molar-refractivity contribution in [3.8, 4) is 0 Å². The highest BCUT2D eigenvalue weighted by molar-refractivity contribution is 7.80. The van der Waals surface area contributed by atoms with E-state index >= 15 is 0 Å². The number of hydrogen-bond donors (Lipinski definition) is 2. The zero-order valence-electron chi connectivity index (χ0n) is 5.95. The molecule has 0 aromatic rings. The minimum atomic E-state index is 0.539. The van der Waals surface area contributed by atoms with Gasteiger partial charge >= 0.3 is 0 Å². The highest BCUT2D eigenvalue weighted by atomic mass is 32.1. The molecule has 0 saturated carbocycles. The van der Waals surface area contributed by atoms with Gasteiger partial charge in [0.15, 0.2) is 0 Å². The van der Waals surface area contributed by atoms with Crippen LogP contribution in [0.3, 0.4) is 0 Å². The van der Waals surface area contributed by atoms with Gasteiger partial charge in [0.25, 0.3) is 0 Å². The lowest BCUT2D eigenvalue weighted by molar-refractivity contribution is -0.285. The summed E-state index contributed by atoms with van der Waals surface area (Å²) in [5.41, 5.74) is 0. The average molecular weight is 182 g/mol. The van der Waals surface area contributed by atoms with E-state index in [1.54, 1.807) is 0 Å². The molecule has 0 heterocycles. The lowest BCUT2D eigenvalue weighted by atomic mass is 10.9. The van der Waals surface area contributed by atoms with Gasteiger partial charge in [-0.05, 0) is 0 Å². The van der Waals surface area contributed by atoms with E-state index in [9.17, 15) is 0 Å². The molecule has 0 unspecified atom stereocenters. The van der Waals surface area contributed by atoms with Crippen molar-refractivity contribution in [3.05, 3.63) is 13.2 Å². The molecular formula is C6H14O2S2. The van der Waals surface area contributed by atoms with Gasteiger partial charge in [-0.2, -0.15) is 25.3 Å². The molecular weight excluding hydrogens is 168 g/mol. The van der Waals surface area contributed by atoms with Crippen LogP contribution in [0.1, 0.15) is 0 Å². The number of thiol groups is 2. The SMILES string of the molecule is C=C.SCCOOCCS. The average Bonchev–Trinajstić information content (AvgIpc) is 2.02. The van der Waals surface area contributed by atoms with Crippen LogP contribution < -0.4 is 0 Å². The summed E-state index contributed by atoms with van der Waals surface area (Å²) in [6, 6.07) is 0. The van der Waals surface area contributed by atoms with Gasteiger partial charge in [-0.1, -0.05) is 0 Å². The Morgan fingerprint density at radius 3 is 1.40 bits per heavy atom. The molecule has 0 N–H and O–H groups in total. The fourth-order valence-corrected chi connectivity index (χ4v) is 0.341. The van der Waals surface area contributed by atoms with Crippen LogP contribution in [-0.4, -0.2) is 24.7 Å². The second-order valence-electron chi connectivity index (χ2n) is 1.09. The maximum atomic E-state index is 4.60. The lowest BCUT2D eigenvalue weighted by Crippen LogP contribution is -1.99. The van der Waals surface area contributed by atoms with E-state index in [1.807, 2.05) is 0 Å². The molecule has 62 valence electrons. The summed E-state index contributed by atoms with van der Waals surface area (Å²) in [5, 5.41) is 0. The van der Waals surface area contributed by atoms with Gasteiger partial charge in [0, 0.05) is 11.5 Å². The van der Waals surface area contributed by atoms with Gasteiger partial charge in [-0.25, -0.2) is 9.78 Å². The molecule has 0 aliphatic rings. The molecule has 0 aliphatic carbocycles. The summed E-state index contributed by atoms with van der Waals surface area (Å²) >= 11 is 7.80. The molecule has 0 rings (SSSR count). The van der Waals surface area contributed by atoms with Crippen molar-refractivity contribution in [1.29, 1.82) is 0 Å². The molecule has 0 bridgehead atoms. The molecule has 0 spiro atoms. The lowest BCUT2D eigenvalue weighted by Gasteiger charge is -1.97. The molecule has 0 atom stereocenters. The van der Waals surface area contributed by atoms with Gasteiger partial charge in [-0.3, -0.25) is 0 Å². The Bertz CT molecular complexity index is 47.0. The monoisotopic (exact) mass is 182 g/mol. The van der Waals surface area contributed by atoms with Crippen molar-refractivity contribution in [2.45, 2.75) is 0 Å². The normalized spacial score (nSPS) is 8.20. The maximum Gasteiger partial charge on any atom is 0.0910 e. The minimum absolute atomic E-state index is 0.539. The molecule has 0 aromatic carbocycles. The number of hydrogen-bond acceptors (Lipinski definition) is 4. The van der Waals surface area contributed by atoms with Crippen LogP contribution in [0.25, 0.3) is 0 Å². The largest absolute Gasteiger partial charge is 0.236 e. The van der Waals surface area contributed by atoms with Gasteiger partial charge < -0.3 is 0 Å². The maximum absolute atomic E-state index is 4.60. The first-order valence-electron chi connectivity index (χ1n) is 2.88. The van der Waals surface area contributed by atoms with Crippen molar-refractivity contribution >= 4 is 25.3 Å². The highest BCUT2D eigenvalue weighted by Gasteiger charge is 1.82. The molecule has 2 nitrogen and oxygen atoms in total. The first-order chi connectivity index (χ1) is 4.91. The summed E-state index contributed by atoms with van der Waals surface area (Å²) in [6.07, 6.45) is 0. The Hall–Kier alpha value is 0.360. The van der Waals surface area contributed by atoms with Gasteiger partial charge in [-0.15, -0.1) is 13.2 Å². The quantitative estimate of drug-likeness (QED) is 0.221. The Morgan fingerprint density at radius 1 is 0.900 bits per heavy atom. The molecule has 0 aromatic heterocycles. The Labute approximate surface area is 73.3 Å². The van der Waals surface area contributed by atoms with E-state index in [0.29, 0.717) is 24.7 Å². The van der Waals surface area contributed by atoms with Crippen molar-refractivity contribution < 1.29 is 9.78 Å². The third kappa shape index (κ3) is 15.8. The molecule has 4 heteroatoms. The molecule has 10 heavy (non-hydrogen) atoms. The van der Waals surface area contributed by atoms with Crippen molar-refractivity contribution in [2.24, 2.45) is 0 Å². The van der Waals surface area contributed by atoms with E-state index in [4.69, 9.17) is 0 Å². The number of rotatable bonds is 5. The van der Waals surface area contributed by atoms with E-state index in [2.05, 4.69) is 48.2 Å². The molecule has 0 fully saturated rings. The predicted molar refractivity (Wildman–Crippen MR) is 50.9 cm³/mol. The van der Waals surface area contributed by atoms with Crippen LogP contribution in [-0.2, 0) is 9.78 Å². The van der Waals surface area contributed by atoms with E-state index < -0.39 is 0 Å². The summed E-state index contributed by atoms with van der Waals surface area (Å²) in [7, 11) is 0. The van der Waals surface area contributed by atoms with Crippen LogP contribution in [0.4, 0.5) is 0 Å². The van der Waals surface area contributed by atoms with Gasteiger partial charge in [0.05, 0.1) is 13.2 Å². The Balaban J connectivity index is 0. The fraction of sp³-hybridized carbons (Fsp3) is 0.667. The highest BCUT2D eigenvalue weighted by Crippen LogP contribution is 1.81. The van der Waals surface area contributed by atoms with Crippen LogP contribution in [0.15, 0.2) is 13.2 Å². The Kier molecular flexibility index (Phi) is 21.0. The first-order valence-corrected chi connectivity index (χ1v) is 4.14. The van der Waals surface area contributed by atoms with Crippen molar-refractivity contribution in [1.82, 2.24) is 0 Å². The molecule has 0 saturated heterocycles. The smallest absolute Gasteiger partial charge is 0.0910 e. The second-order valence-corrected chi connectivity index (χ2v) is 1.99. The van der Waals surface area contributed by atoms with Crippen molar-refractivity contribution in [2.75, 3.05) is 24.7 Å². The van der Waals surface area contributed by atoms with E-state index in [0.717, 1.165) is 0 Å². The topological polar surface area (TPSA) is 18.5 Å². The Morgan fingerprint density at radius 2 is 1.20 bits per heavy atom. The fourth-order valence-electron chi connectivity index (χ4n) is 0.192. The van der Waals surface area contributed by atoms with E-state index in [1.165, 1.54) is 0 Å².